The van der Waals surface area contributed by atoms with Gasteiger partial charge in [-0.3, -0.25) is 4.57 Å². The van der Waals surface area contributed by atoms with Crippen LogP contribution in [0.25, 0.3) is 0 Å². The van der Waals surface area contributed by atoms with E-state index in [4.69, 9.17) is 17.3 Å². The second-order valence-corrected chi connectivity index (χ2v) is 4.01. The van der Waals surface area contributed by atoms with E-state index in [1.807, 2.05) is 0 Å². The van der Waals surface area contributed by atoms with Crippen LogP contribution in [-0.4, -0.2) is 9.55 Å². The summed E-state index contributed by atoms with van der Waals surface area (Å²) in [4.78, 5) is 15.0. The lowest BCUT2D eigenvalue weighted by Crippen LogP contribution is -2.22. The third-order valence-electron chi connectivity index (χ3n) is 2.16. The Morgan fingerprint density at radius 3 is 2.88 bits per heavy atom. The highest BCUT2D eigenvalue weighted by Crippen LogP contribution is 2.12. The lowest BCUT2D eigenvalue weighted by molar-refractivity contribution is 0.622. The molecular weight excluding hydrogens is 245 g/mol. The van der Waals surface area contributed by atoms with Crippen LogP contribution >= 0.6 is 11.6 Å². The lowest BCUT2D eigenvalue weighted by atomic mass is 10.2. The second kappa shape index (κ2) is 4.55. The molecule has 1 aromatic carbocycles. The summed E-state index contributed by atoms with van der Waals surface area (Å²) in [5, 5.41) is 0.342. The molecule has 0 aliphatic carbocycles. The van der Waals surface area contributed by atoms with Crippen molar-refractivity contribution in [1.29, 1.82) is 0 Å². The molecule has 2 N–H and O–H groups in total. The molecule has 0 amide bonds. The van der Waals surface area contributed by atoms with Crippen LogP contribution in [0.5, 0.6) is 0 Å². The number of hydrogen-bond donors (Lipinski definition) is 1. The van der Waals surface area contributed by atoms with E-state index in [9.17, 15) is 9.18 Å². The van der Waals surface area contributed by atoms with E-state index in [1.165, 1.54) is 29.1 Å². The van der Waals surface area contributed by atoms with E-state index in [1.54, 1.807) is 6.07 Å². The van der Waals surface area contributed by atoms with Gasteiger partial charge in [0.1, 0.15) is 5.82 Å². The molecule has 17 heavy (non-hydrogen) atoms. The Kier molecular flexibility index (Phi) is 3.10. The van der Waals surface area contributed by atoms with Crippen LogP contribution in [0.4, 0.5) is 10.1 Å². The van der Waals surface area contributed by atoms with Gasteiger partial charge >= 0.3 is 5.69 Å². The maximum atomic E-state index is 13.1. The summed E-state index contributed by atoms with van der Waals surface area (Å²) in [5.41, 5.74) is 5.95. The zero-order chi connectivity index (χ0) is 12.4. The minimum absolute atomic E-state index is 0.175. The van der Waals surface area contributed by atoms with Crippen molar-refractivity contribution < 1.29 is 4.39 Å². The summed E-state index contributed by atoms with van der Waals surface area (Å²) in [6.45, 7) is 0.175. The molecule has 0 aliphatic rings. The highest BCUT2D eigenvalue weighted by atomic mass is 35.5. The summed E-state index contributed by atoms with van der Waals surface area (Å²) in [6.07, 6.45) is 2.71. The van der Waals surface area contributed by atoms with Crippen molar-refractivity contribution in [2.75, 3.05) is 5.73 Å². The Balaban J connectivity index is 2.37. The Morgan fingerprint density at radius 1 is 1.41 bits per heavy atom. The van der Waals surface area contributed by atoms with Gasteiger partial charge < -0.3 is 5.73 Å². The Labute approximate surface area is 101 Å². The van der Waals surface area contributed by atoms with Crippen LogP contribution in [-0.2, 0) is 6.54 Å². The van der Waals surface area contributed by atoms with Gasteiger partial charge in [-0.25, -0.2) is 14.2 Å². The standard InChI is InChI=1S/C11H9ClFN3O/c12-8-4-15-11(17)16(6-8)5-7-1-9(13)3-10(14)2-7/h1-4,6H,5,14H2. The van der Waals surface area contributed by atoms with Gasteiger partial charge in [-0.05, 0) is 23.8 Å². The molecule has 0 spiro atoms. The fourth-order valence-electron chi connectivity index (χ4n) is 1.51. The van der Waals surface area contributed by atoms with Crippen LogP contribution in [0.2, 0.25) is 5.02 Å². The van der Waals surface area contributed by atoms with Crippen molar-refractivity contribution >= 4 is 17.3 Å². The van der Waals surface area contributed by atoms with Crippen molar-refractivity contribution in [2.24, 2.45) is 0 Å². The smallest absolute Gasteiger partial charge is 0.347 e. The minimum Gasteiger partial charge on any atom is -0.399 e. The van der Waals surface area contributed by atoms with Crippen LogP contribution in [0, 0.1) is 5.82 Å². The number of nitrogens with two attached hydrogens (primary N) is 1. The van der Waals surface area contributed by atoms with Gasteiger partial charge in [-0.2, -0.15) is 0 Å². The number of anilines is 1. The van der Waals surface area contributed by atoms with E-state index in [2.05, 4.69) is 4.98 Å². The normalized spacial score (nSPS) is 10.5. The molecular formula is C11H9ClFN3O. The summed E-state index contributed by atoms with van der Waals surface area (Å²) >= 11 is 5.72. The number of halogens is 2. The first-order valence-electron chi connectivity index (χ1n) is 4.81. The molecule has 0 saturated carbocycles. The van der Waals surface area contributed by atoms with Crippen LogP contribution in [0.15, 0.2) is 35.4 Å². The van der Waals surface area contributed by atoms with Gasteiger partial charge in [0.25, 0.3) is 0 Å². The summed E-state index contributed by atoms with van der Waals surface area (Å²) in [7, 11) is 0. The highest BCUT2D eigenvalue weighted by molar-refractivity contribution is 6.30. The first-order chi connectivity index (χ1) is 8.04. The summed E-state index contributed by atoms with van der Waals surface area (Å²) < 4.78 is 14.4. The SMILES string of the molecule is Nc1cc(F)cc(Cn2cc(Cl)cnc2=O)c1. The van der Waals surface area contributed by atoms with E-state index in [0.717, 1.165) is 0 Å². The molecule has 88 valence electrons. The average Bonchev–Trinajstić information content (AvgIpc) is 2.22. The summed E-state index contributed by atoms with van der Waals surface area (Å²) in [5.74, 6) is -0.442. The molecule has 1 heterocycles. The van der Waals surface area contributed by atoms with Gasteiger partial charge in [0, 0.05) is 11.9 Å². The zero-order valence-corrected chi connectivity index (χ0v) is 9.49. The van der Waals surface area contributed by atoms with E-state index in [0.29, 0.717) is 16.3 Å². The monoisotopic (exact) mass is 253 g/mol. The minimum atomic E-state index is -0.447. The topological polar surface area (TPSA) is 60.9 Å². The molecule has 0 fully saturated rings. The maximum Gasteiger partial charge on any atom is 0.347 e. The average molecular weight is 254 g/mol. The molecule has 6 heteroatoms. The zero-order valence-electron chi connectivity index (χ0n) is 8.73. The van der Waals surface area contributed by atoms with Crippen LogP contribution in [0.1, 0.15) is 5.56 Å². The molecule has 4 nitrogen and oxygen atoms in total. The van der Waals surface area contributed by atoms with Gasteiger partial charge in [0.15, 0.2) is 0 Å². The van der Waals surface area contributed by atoms with E-state index < -0.39 is 11.5 Å². The Hall–Kier alpha value is -1.88. The molecule has 0 radical (unpaired) electrons. The third-order valence-corrected chi connectivity index (χ3v) is 2.35. The van der Waals surface area contributed by atoms with Crippen molar-refractivity contribution in [3.05, 3.63) is 57.5 Å². The van der Waals surface area contributed by atoms with Crippen molar-refractivity contribution in [2.45, 2.75) is 6.54 Å². The largest absolute Gasteiger partial charge is 0.399 e. The number of nitrogen functional groups attached to an aromatic ring is 1. The molecule has 0 unspecified atom stereocenters. The predicted molar refractivity (Wildman–Crippen MR) is 63.4 cm³/mol. The molecule has 0 saturated heterocycles. The van der Waals surface area contributed by atoms with Gasteiger partial charge in [-0.15, -0.1) is 0 Å². The van der Waals surface area contributed by atoms with Crippen molar-refractivity contribution in [1.82, 2.24) is 9.55 Å². The first kappa shape index (κ1) is 11.6. The van der Waals surface area contributed by atoms with Crippen molar-refractivity contribution in [3.8, 4) is 0 Å². The second-order valence-electron chi connectivity index (χ2n) is 3.58. The molecule has 0 atom stereocenters. The predicted octanol–water partition coefficient (Wildman–Crippen LogP) is 1.67. The number of benzene rings is 1. The molecule has 0 aliphatic heterocycles. The third kappa shape index (κ3) is 2.82. The number of hydrogen-bond acceptors (Lipinski definition) is 3. The van der Waals surface area contributed by atoms with Crippen LogP contribution < -0.4 is 11.4 Å². The Morgan fingerprint density at radius 2 is 2.18 bits per heavy atom. The van der Waals surface area contributed by atoms with Gasteiger partial charge in [0.2, 0.25) is 0 Å². The van der Waals surface area contributed by atoms with Gasteiger partial charge in [0.05, 0.1) is 17.8 Å². The van der Waals surface area contributed by atoms with E-state index >= 15 is 0 Å². The first-order valence-corrected chi connectivity index (χ1v) is 5.19. The summed E-state index contributed by atoms with van der Waals surface area (Å²) in [6, 6.07) is 4.11. The molecule has 2 aromatic rings. The molecule has 2 rings (SSSR count). The van der Waals surface area contributed by atoms with E-state index in [-0.39, 0.29) is 6.54 Å². The Bertz CT molecular complexity index is 592. The molecule has 1 aromatic heterocycles. The fourth-order valence-corrected chi connectivity index (χ4v) is 1.67. The lowest BCUT2D eigenvalue weighted by Gasteiger charge is -2.06. The van der Waals surface area contributed by atoms with Crippen LogP contribution in [0.3, 0.4) is 0 Å². The quantitative estimate of drug-likeness (QED) is 0.828. The highest BCUT2D eigenvalue weighted by Gasteiger charge is 2.03. The number of rotatable bonds is 2. The van der Waals surface area contributed by atoms with Gasteiger partial charge in [-0.1, -0.05) is 11.6 Å². The number of aromatic nitrogens is 2. The molecule has 0 bridgehead atoms. The maximum absolute atomic E-state index is 13.1. The number of nitrogens with zero attached hydrogens (tertiary/aromatic N) is 2. The van der Waals surface area contributed by atoms with Crippen molar-refractivity contribution in [3.63, 3.8) is 0 Å². The fraction of sp³-hybridized carbons (Fsp3) is 0.0909.